The van der Waals surface area contributed by atoms with E-state index >= 15 is 0 Å². The third kappa shape index (κ3) is 2.07. The molecule has 1 aliphatic carbocycles. The van der Waals surface area contributed by atoms with E-state index in [0.717, 1.165) is 23.2 Å². The molecule has 1 aromatic carbocycles. The van der Waals surface area contributed by atoms with Gasteiger partial charge >= 0.3 is 0 Å². The summed E-state index contributed by atoms with van der Waals surface area (Å²) in [7, 11) is -3.69. The van der Waals surface area contributed by atoms with Crippen LogP contribution in [0.15, 0.2) is 58.3 Å². The van der Waals surface area contributed by atoms with E-state index in [4.69, 9.17) is 9.56 Å². The van der Waals surface area contributed by atoms with Crippen molar-refractivity contribution in [2.24, 2.45) is 11.1 Å². The minimum atomic E-state index is -3.69. The summed E-state index contributed by atoms with van der Waals surface area (Å²) < 4.78 is 28.4. The number of fused-ring (bicyclic) bond motifs is 3. The van der Waals surface area contributed by atoms with Crippen molar-refractivity contribution in [2.75, 3.05) is 5.32 Å². The first-order chi connectivity index (χ1) is 10.5. The van der Waals surface area contributed by atoms with E-state index in [1.165, 1.54) is 0 Å². The van der Waals surface area contributed by atoms with Crippen LogP contribution in [-0.2, 0) is 10.0 Å². The summed E-state index contributed by atoms with van der Waals surface area (Å²) in [5.74, 6) is 0.540. The van der Waals surface area contributed by atoms with Gasteiger partial charge in [0.1, 0.15) is 0 Å². The molecule has 0 saturated heterocycles. The standard InChI is InChI=1S/C16H16N2O3S/c17-22(19,20)11-4-5-15-14(8-11)12-2-1-3-13(12)16(18-15)10-6-7-21-9-10/h1-2,4-9,12-13,16,18H,3H2,(H2,17,19,20). The van der Waals surface area contributed by atoms with Crippen LogP contribution in [0.2, 0.25) is 0 Å². The summed E-state index contributed by atoms with van der Waals surface area (Å²) in [5, 5.41) is 8.77. The number of benzene rings is 1. The van der Waals surface area contributed by atoms with Crippen molar-refractivity contribution in [3.63, 3.8) is 0 Å². The van der Waals surface area contributed by atoms with E-state index in [1.807, 2.05) is 6.07 Å². The molecule has 2 aliphatic rings. The summed E-state index contributed by atoms with van der Waals surface area (Å²) in [6.07, 6.45) is 8.70. The van der Waals surface area contributed by atoms with Crippen LogP contribution in [0.25, 0.3) is 0 Å². The quantitative estimate of drug-likeness (QED) is 0.834. The number of hydrogen-bond donors (Lipinski definition) is 2. The highest BCUT2D eigenvalue weighted by molar-refractivity contribution is 7.89. The first-order valence-corrected chi connectivity index (χ1v) is 8.71. The second-order valence-corrected chi connectivity index (χ2v) is 7.39. The zero-order valence-corrected chi connectivity index (χ0v) is 12.6. The van der Waals surface area contributed by atoms with Crippen molar-refractivity contribution in [3.8, 4) is 0 Å². The number of nitrogens with two attached hydrogens (primary N) is 1. The van der Waals surface area contributed by atoms with Crippen LogP contribution in [0.5, 0.6) is 0 Å². The van der Waals surface area contributed by atoms with Crippen molar-refractivity contribution in [2.45, 2.75) is 23.3 Å². The number of anilines is 1. The van der Waals surface area contributed by atoms with Gasteiger partial charge < -0.3 is 9.73 Å². The number of furan rings is 1. The zero-order valence-electron chi connectivity index (χ0n) is 11.8. The van der Waals surface area contributed by atoms with Gasteiger partial charge in [-0.1, -0.05) is 12.2 Å². The Bertz CT molecular complexity index is 840. The molecule has 5 nitrogen and oxygen atoms in total. The SMILES string of the molecule is NS(=O)(=O)c1ccc2c(c1)C1C=CCC1C(c1ccoc1)N2. The van der Waals surface area contributed by atoms with Gasteiger partial charge in [-0.25, -0.2) is 13.6 Å². The Kier molecular flexibility index (Phi) is 2.92. The lowest BCUT2D eigenvalue weighted by Gasteiger charge is -2.37. The van der Waals surface area contributed by atoms with E-state index < -0.39 is 10.0 Å². The monoisotopic (exact) mass is 316 g/mol. The van der Waals surface area contributed by atoms with Crippen molar-refractivity contribution in [3.05, 3.63) is 60.1 Å². The lowest BCUT2D eigenvalue weighted by molar-refractivity contribution is 0.421. The van der Waals surface area contributed by atoms with Crippen LogP contribution < -0.4 is 10.5 Å². The number of allylic oxidation sites excluding steroid dienone is 2. The first kappa shape index (κ1) is 13.6. The van der Waals surface area contributed by atoms with Gasteiger partial charge in [0, 0.05) is 17.2 Å². The van der Waals surface area contributed by atoms with Gasteiger partial charge in [0.15, 0.2) is 0 Å². The van der Waals surface area contributed by atoms with E-state index in [-0.39, 0.29) is 16.9 Å². The molecule has 1 aliphatic heterocycles. The molecule has 114 valence electrons. The number of rotatable bonds is 2. The van der Waals surface area contributed by atoms with E-state index in [1.54, 1.807) is 30.7 Å². The molecule has 22 heavy (non-hydrogen) atoms. The molecule has 3 atom stereocenters. The second kappa shape index (κ2) is 4.72. The summed E-state index contributed by atoms with van der Waals surface area (Å²) >= 11 is 0. The predicted octanol–water partition coefficient (Wildman–Crippen LogP) is 2.75. The molecular formula is C16H16N2O3S. The van der Waals surface area contributed by atoms with Gasteiger partial charge in [0.25, 0.3) is 0 Å². The van der Waals surface area contributed by atoms with E-state index in [9.17, 15) is 8.42 Å². The van der Waals surface area contributed by atoms with Crippen molar-refractivity contribution in [1.29, 1.82) is 0 Å². The highest BCUT2D eigenvalue weighted by atomic mass is 32.2. The summed E-state index contributed by atoms with van der Waals surface area (Å²) in [5.41, 5.74) is 3.05. The lowest BCUT2D eigenvalue weighted by Crippen LogP contribution is -2.29. The summed E-state index contributed by atoms with van der Waals surface area (Å²) in [6.45, 7) is 0. The molecule has 2 heterocycles. The number of nitrogens with one attached hydrogen (secondary N) is 1. The fraction of sp³-hybridized carbons (Fsp3) is 0.250. The topological polar surface area (TPSA) is 85.3 Å². The molecule has 3 unspecified atom stereocenters. The van der Waals surface area contributed by atoms with Gasteiger partial charge in [-0.05, 0) is 42.2 Å². The molecule has 0 amide bonds. The van der Waals surface area contributed by atoms with Gasteiger partial charge in [-0.15, -0.1) is 0 Å². The molecule has 0 radical (unpaired) electrons. The minimum Gasteiger partial charge on any atom is -0.472 e. The molecule has 0 fully saturated rings. The zero-order chi connectivity index (χ0) is 15.3. The highest BCUT2D eigenvalue weighted by Gasteiger charge is 2.38. The number of primary sulfonamides is 1. The Labute approximate surface area is 128 Å². The fourth-order valence-corrected chi connectivity index (χ4v) is 4.08. The predicted molar refractivity (Wildman–Crippen MR) is 82.9 cm³/mol. The Morgan fingerprint density at radius 2 is 2.14 bits per heavy atom. The van der Waals surface area contributed by atoms with Crippen LogP contribution in [0, 0.1) is 5.92 Å². The molecule has 0 saturated carbocycles. The largest absolute Gasteiger partial charge is 0.472 e. The third-order valence-electron chi connectivity index (χ3n) is 4.57. The first-order valence-electron chi connectivity index (χ1n) is 7.16. The van der Waals surface area contributed by atoms with Crippen molar-refractivity contribution < 1.29 is 12.8 Å². The maximum absolute atomic E-state index is 11.6. The Hall–Kier alpha value is -2.05. The van der Waals surface area contributed by atoms with Crippen LogP contribution in [0.1, 0.15) is 29.5 Å². The smallest absolute Gasteiger partial charge is 0.238 e. The fourth-order valence-electron chi connectivity index (χ4n) is 3.53. The molecule has 1 aromatic heterocycles. The Balaban J connectivity index is 1.82. The maximum atomic E-state index is 11.6. The van der Waals surface area contributed by atoms with Crippen LogP contribution >= 0.6 is 0 Å². The van der Waals surface area contributed by atoms with Gasteiger partial charge in [-0.2, -0.15) is 0 Å². The van der Waals surface area contributed by atoms with Gasteiger partial charge in [0.2, 0.25) is 10.0 Å². The molecule has 4 rings (SSSR count). The van der Waals surface area contributed by atoms with Gasteiger partial charge in [0.05, 0.1) is 23.5 Å². The highest BCUT2D eigenvalue weighted by Crippen LogP contribution is 2.50. The normalized spacial score (nSPS) is 26.3. The van der Waals surface area contributed by atoms with Crippen molar-refractivity contribution >= 4 is 15.7 Å². The summed E-state index contributed by atoms with van der Waals surface area (Å²) in [4.78, 5) is 0.161. The molecule has 6 heteroatoms. The van der Waals surface area contributed by atoms with E-state index in [0.29, 0.717) is 5.92 Å². The average molecular weight is 316 g/mol. The van der Waals surface area contributed by atoms with Crippen LogP contribution in [-0.4, -0.2) is 8.42 Å². The second-order valence-electron chi connectivity index (χ2n) is 5.83. The molecular weight excluding hydrogens is 300 g/mol. The minimum absolute atomic E-state index is 0.159. The lowest BCUT2D eigenvalue weighted by atomic mass is 9.77. The van der Waals surface area contributed by atoms with Crippen LogP contribution in [0.3, 0.4) is 0 Å². The summed E-state index contributed by atoms with van der Waals surface area (Å²) in [6, 6.07) is 7.16. The molecule has 0 bridgehead atoms. The number of sulfonamides is 1. The molecule has 0 spiro atoms. The Morgan fingerprint density at radius 3 is 2.86 bits per heavy atom. The third-order valence-corrected chi connectivity index (χ3v) is 5.48. The van der Waals surface area contributed by atoms with Crippen LogP contribution in [0.4, 0.5) is 5.69 Å². The van der Waals surface area contributed by atoms with Gasteiger partial charge in [-0.3, -0.25) is 0 Å². The molecule has 2 aromatic rings. The van der Waals surface area contributed by atoms with Crippen molar-refractivity contribution in [1.82, 2.24) is 0 Å². The Morgan fingerprint density at radius 1 is 1.27 bits per heavy atom. The maximum Gasteiger partial charge on any atom is 0.238 e. The van der Waals surface area contributed by atoms with E-state index in [2.05, 4.69) is 17.5 Å². The number of hydrogen-bond acceptors (Lipinski definition) is 4. The average Bonchev–Trinajstić information content (AvgIpc) is 3.16. The molecule has 3 N–H and O–H groups in total.